The molecule has 1 aliphatic heterocycles. The molecule has 64 valence electrons. The van der Waals surface area contributed by atoms with Gasteiger partial charge in [-0.05, 0) is 19.8 Å². The molecule has 0 N–H and O–H groups in total. The van der Waals surface area contributed by atoms with Gasteiger partial charge in [0.2, 0.25) is 0 Å². The summed E-state index contributed by atoms with van der Waals surface area (Å²) >= 11 is 2.00. The molecule has 1 rings (SSSR count). The van der Waals surface area contributed by atoms with Crippen LogP contribution in [-0.4, -0.2) is 16.3 Å². The molecule has 0 amide bonds. The van der Waals surface area contributed by atoms with Crippen molar-refractivity contribution in [1.82, 2.24) is 0 Å². The van der Waals surface area contributed by atoms with Crippen LogP contribution in [-0.2, 0) is 0 Å². The number of hydrogen-bond acceptors (Lipinski definition) is 2. The van der Waals surface area contributed by atoms with E-state index in [2.05, 4.69) is 32.7 Å². The maximum absolute atomic E-state index is 4.62. The number of nitrogens with zero attached hydrogens (tertiary/aromatic N) is 1. The van der Waals surface area contributed by atoms with Crippen molar-refractivity contribution < 1.29 is 0 Å². The summed E-state index contributed by atoms with van der Waals surface area (Å²) in [7, 11) is 0. The molecule has 0 saturated carbocycles. The van der Waals surface area contributed by atoms with Gasteiger partial charge < -0.3 is 0 Å². The lowest BCUT2D eigenvalue weighted by Crippen LogP contribution is -2.08. The Balaban J connectivity index is 2.53. The monoisotopic (exact) mass is 171 g/mol. The fourth-order valence-corrected chi connectivity index (χ4v) is 2.47. The third-order valence-corrected chi connectivity index (χ3v) is 3.99. The molecule has 0 radical (unpaired) electrons. The van der Waals surface area contributed by atoms with Crippen molar-refractivity contribution in [2.45, 2.75) is 44.7 Å². The lowest BCUT2D eigenvalue weighted by Gasteiger charge is -2.13. The molecule has 0 aromatic heterocycles. The highest BCUT2D eigenvalue weighted by molar-refractivity contribution is 8.01. The van der Waals surface area contributed by atoms with E-state index in [1.165, 1.54) is 12.1 Å². The highest BCUT2D eigenvalue weighted by Crippen LogP contribution is 2.33. The zero-order valence-corrected chi connectivity index (χ0v) is 8.61. The van der Waals surface area contributed by atoms with Gasteiger partial charge in [0, 0.05) is 11.0 Å². The predicted octanol–water partition coefficient (Wildman–Crippen LogP) is 2.95. The molecule has 0 bridgehead atoms. The summed E-state index contributed by atoms with van der Waals surface area (Å²) in [5, 5.41) is 1.18. The van der Waals surface area contributed by atoms with Crippen molar-refractivity contribution in [3.05, 3.63) is 0 Å². The number of thioether (sulfide) groups is 1. The Bertz CT molecular complexity index is 165. The maximum Gasteiger partial charge on any atom is 0.0982 e. The van der Waals surface area contributed by atoms with Crippen LogP contribution in [0, 0.1) is 5.92 Å². The molecule has 1 heterocycles. The molecule has 0 aliphatic carbocycles. The third-order valence-electron chi connectivity index (χ3n) is 2.39. The Morgan fingerprint density at radius 3 is 2.64 bits per heavy atom. The van der Waals surface area contributed by atoms with E-state index in [9.17, 15) is 0 Å². The van der Waals surface area contributed by atoms with E-state index < -0.39 is 0 Å². The summed E-state index contributed by atoms with van der Waals surface area (Å²) in [6.07, 6.45) is 1.24. The van der Waals surface area contributed by atoms with Gasteiger partial charge in [-0.25, -0.2) is 0 Å². The van der Waals surface area contributed by atoms with E-state index in [0.29, 0.717) is 10.6 Å². The Morgan fingerprint density at radius 1 is 1.64 bits per heavy atom. The van der Waals surface area contributed by atoms with E-state index in [0.717, 1.165) is 5.92 Å². The van der Waals surface area contributed by atoms with Crippen molar-refractivity contribution >= 4 is 17.5 Å². The Morgan fingerprint density at radius 2 is 2.27 bits per heavy atom. The van der Waals surface area contributed by atoms with Crippen LogP contribution in [0.5, 0.6) is 0 Å². The molecule has 0 fully saturated rings. The zero-order valence-electron chi connectivity index (χ0n) is 7.79. The molecule has 2 heteroatoms. The van der Waals surface area contributed by atoms with Crippen LogP contribution in [0.2, 0.25) is 0 Å². The van der Waals surface area contributed by atoms with Gasteiger partial charge in [-0.3, -0.25) is 4.99 Å². The Kier molecular flexibility index (Phi) is 2.99. The van der Waals surface area contributed by atoms with E-state index in [1.54, 1.807) is 0 Å². The third kappa shape index (κ3) is 1.98. The second kappa shape index (κ2) is 3.61. The zero-order chi connectivity index (χ0) is 8.43. The molecule has 1 nitrogen and oxygen atoms in total. The SMILES string of the molecule is CC[C@H](C)[C@H]1N=C(C)[C@H](C)S1. The lowest BCUT2D eigenvalue weighted by atomic mass is 10.1. The van der Waals surface area contributed by atoms with Gasteiger partial charge in [0.1, 0.15) is 0 Å². The van der Waals surface area contributed by atoms with E-state index in [4.69, 9.17) is 0 Å². The minimum atomic E-state index is 0.537. The van der Waals surface area contributed by atoms with Gasteiger partial charge in [-0.1, -0.05) is 20.3 Å². The quantitative estimate of drug-likeness (QED) is 0.622. The standard InChI is InChI=1S/C9H17NS/c1-5-6(2)9-10-7(3)8(4)11-9/h6,8-9H,5H2,1-4H3/t6-,8-,9-/m0/s1. The number of hydrogen-bond donors (Lipinski definition) is 0. The molecule has 0 unspecified atom stereocenters. The van der Waals surface area contributed by atoms with Crippen LogP contribution in [0.25, 0.3) is 0 Å². The van der Waals surface area contributed by atoms with Gasteiger partial charge in [0.25, 0.3) is 0 Å². The summed E-state index contributed by atoms with van der Waals surface area (Å²) in [6, 6.07) is 0. The second-order valence-electron chi connectivity index (χ2n) is 3.32. The second-order valence-corrected chi connectivity index (χ2v) is 4.79. The topological polar surface area (TPSA) is 12.4 Å². The normalized spacial score (nSPS) is 33.6. The van der Waals surface area contributed by atoms with Gasteiger partial charge in [0.15, 0.2) is 0 Å². The maximum atomic E-state index is 4.62. The van der Waals surface area contributed by atoms with Crippen LogP contribution in [0.4, 0.5) is 0 Å². The van der Waals surface area contributed by atoms with Crippen molar-refractivity contribution in [1.29, 1.82) is 0 Å². The summed E-state index contributed by atoms with van der Waals surface area (Å²) in [5.41, 5.74) is 1.32. The van der Waals surface area contributed by atoms with E-state index in [-0.39, 0.29) is 0 Å². The lowest BCUT2D eigenvalue weighted by molar-refractivity contribution is 0.549. The molecule has 0 spiro atoms. The van der Waals surface area contributed by atoms with Crippen LogP contribution >= 0.6 is 11.8 Å². The van der Waals surface area contributed by atoms with E-state index in [1.807, 2.05) is 11.8 Å². The van der Waals surface area contributed by atoms with Crippen molar-refractivity contribution in [2.75, 3.05) is 0 Å². The molecule has 0 aromatic carbocycles. The van der Waals surface area contributed by atoms with Gasteiger partial charge >= 0.3 is 0 Å². The molecular weight excluding hydrogens is 154 g/mol. The molecule has 1 aliphatic rings. The number of rotatable bonds is 2. The smallest absolute Gasteiger partial charge is 0.0982 e. The highest BCUT2D eigenvalue weighted by atomic mass is 32.2. The molecular formula is C9H17NS. The van der Waals surface area contributed by atoms with Crippen LogP contribution in [0.1, 0.15) is 34.1 Å². The fourth-order valence-electron chi connectivity index (χ4n) is 1.11. The average molecular weight is 171 g/mol. The van der Waals surface area contributed by atoms with Crippen LogP contribution < -0.4 is 0 Å². The van der Waals surface area contributed by atoms with E-state index >= 15 is 0 Å². The van der Waals surface area contributed by atoms with Crippen LogP contribution in [0.15, 0.2) is 4.99 Å². The fraction of sp³-hybridized carbons (Fsp3) is 0.889. The summed E-state index contributed by atoms with van der Waals surface area (Å²) in [6.45, 7) is 8.90. The largest absolute Gasteiger partial charge is 0.279 e. The average Bonchev–Trinajstić information content (AvgIpc) is 2.31. The summed E-state index contributed by atoms with van der Waals surface area (Å²) < 4.78 is 0. The first-order valence-corrected chi connectivity index (χ1v) is 5.29. The minimum Gasteiger partial charge on any atom is -0.279 e. The van der Waals surface area contributed by atoms with Crippen molar-refractivity contribution in [3.8, 4) is 0 Å². The first-order valence-electron chi connectivity index (χ1n) is 4.35. The van der Waals surface area contributed by atoms with Gasteiger partial charge in [-0.15, -0.1) is 11.8 Å². The van der Waals surface area contributed by atoms with Crippen LogP contribution in [0.3, 0.4) is 0 Å². The van der Waals surface area contributed by atoms with Gasteiger partial charge in [0.05, 0.1) is 5.37 Å². The van der Waals surface area contributed by atoms with Crippen molar-refractivity contribution in [2.24, 2.45) is 10.9 Å². The Hall–Kier alpha value is 0.0200. The Labute approximate surface area is 73.7 Å². The number of aliphatic imine (C=N–C) groups is 1. The highest BCUT2D eigenvalue weighted by Gasteiger charge is 2.25. The summed E-state index contributed by atoms with van der Waals surface area (Å²) in [5.74, 6) is 0.736. The molecule has 3 atom stereocenters. The molecule has 0 aromatic rings. The first-order chi connectivity index (χ1) is 5.15. The molecule has 0 saturated heterocycles. The van der Waals surface area contributed by atoms with Gasteiger partial charge in [-0.2, -0.15) is 0 Å². The molecule has 11 heavy (non-hydrogen) atoms. The summed E-state index contributed by atoms with van der Waals surface area (Å²) in [4.78, 5) is 4.62. The van der Waals surface area contributed by atoms with Crippen molar-refractivity contribution in [3.63, 3.8) is 0 Å². The minimum absolute atomic E-state index is 0.537. The first kappa shape index (κ1) is 9.11. The predicted molar refractivity (Wildman–Crippen MR) is 53.4 cm³/mol.